The van der Waals surface area contributed by atoms with E-state index in [0.29, 0.717) is 0 Å². The van der Waals surface area contributed by atoms with Gasteiger partial charge in [-0.3, -0.25) is 4.98 Å². The van der Waals surface area contributed by atoms with E-state index in [2.05, 4.69) is 25.9 Å². The van der Waals surface area contributed by atoms with Gasteiger partial charge >= 0.3 is 0 Å². The lowest BCUT2D eigenvalue weighted by atomic mass is 10.2. The minimum Gasteiger partial charge on any atom is -0.385 e. The van der Waals surface area contributed by atoms with Crippen molar-refractivity contribution in [1.82, 2.24) is 14.5 Å². The number of aromatic nitrogens is 3. The van der Waals surface area contributed by atoms with Gasteiger partial charge in [0.15, 0.2) is 0 Å². The monoisotopic (exact) mass is 260 g/mol. The second-order valence-corrected chi connectivity index (χ2v) is 4.46. The van der Waals surface area contributed by atoms with Crippen LogP contribution in [0.2, 0.25) is 0 Å². The lowest BCUT2D eigenvalue weighted by Gasteiger charge is -2.09. The predicted octanol–water partition coefficient (Wildman–Crippen LogP) is 2.08. The molecule has 0 atom stereocenters. The summed E-state index contributed by atoms with van der Waals surface area (Å²) in [5.41, 5.74) is 2.20. The number of imidazole rings is 1. The number of hydrogen-bond acceptors (Lipinski definition) is 4. The van der Waals surface area contributed by atoms with Crippen molar-refractivity contribution in [3.05, 3.63) is 42.0 Å². The standard InChI is InChI=1S/C14H20N4O/c1-12-4-5-13(10-17-12)11-18-8-7-16-14(18)15-6-3-9-19-2/h4-5,7-8,10H,3,6,9,11H2,1-2H3,(H,15,16). The molecule has 0 aliphatic heterocycles. The van der Waals surface area contributed by atoms with Crippen molar-refractivity contribution in [3.63, 3.8) is 0 Å². The number of pyridine rings is 1. The molecule has 0 amide bonds. The molecule has 0 aliphatic rings. The van der Waals surface area contributed by atoms with Crippen molar-refractivity contribution < 1.29 is 4.74 Å². The SMILES string of the molecule is COCCCNc1nccn1Cc1ccc(C)nc1. The normalized spacial score (nSPS) is 10.6. The molecule has 5 nitrogen and oxygen atoms in total. The molecule has 2 aromatic rings. The van der Waals surface area contributed by atoms with Gasteiger partial charge in [0.2, 0.25) is 5.95 Å². The summed E-state index contributed by atoms with van der Waals surface area (Å²) >= 11 is 0. The van der Waals surface area contributed by atoms with Crippen molar-refractivity contribution in [3.8, 4) is 0 Å². The molecule has 102 valence electrons. The summed E-state index contributed by atoms with van der Waals surface area (Å²) in [6.07, 6.45) is 6.65. The third-order valence-electron chi connectivity index (χ3n) is 2.85. The van der Waals surface area contributed by atoms with E-state index < -0.39 is 0 Å². The highest BCUT2D eigenvalue weighted by Crippen LogP contribution is 2.09. The highest BCUT2D eigenvalue weighted by atomic mass is 16.5. The Morgan fingerprint density at radius 3 is 2.95 bits per heavy atom. The quantitative estimate of drug-likeness (QED) is 0.774. The Labute approximate surface area is 113 Å². The van der Waals surface area contributed by atoms with Gasteiger partial charge in [-0.1, -0.05) is 6.07 Å². The number of rotatable bonds is 7. The third kappa shape index (κ3) is 4.06. The molecule has 0 bridgehead atoms. The number of aryl methyl sites for hydroxylation is 1. The molecule has 5 heteroatoms. The van der Waals surface area contributed by atoms with Crippen LogP contribution < -0.4 is 5.32 Å². The lowest BCUT2D eigenvalue weighted by Crippen LogP contribution is -2.10. The number of methoxy groups -OCH3 is 1. The maximum Gasteiger partial charge on any atom is 0.203 e. The summed E-state index contributed by atoms with van der Waals surface area (Å²) in [4.78, 5) is 8.62. The van der Waals surface area contributed by atoms with Gasteiger partial charge in [0, 0.05) is 44.5 Å². The number of hydrogen-bond donors (Lipinski definition) is 1. The van der Waals surface area contributed by atoms with Gasteiger partial charge < -0.3 is 14.6 Å². The molecular weight excluding hydrogens is 240 g/mol. The molecule has 0 radical (unpaired) electrons. The Kier molecular flexibility index (Phi) is 4.92. The molecule has 0 unspecified atom stereocenters. The Morgan fingerprint density at radius 2 is 2.21 bits per heavy atom. The van der Waals surface area contributed by atoms with Crippen molar-refractivity contribution >= 4 is 5.95 Å². The summed E-state index contributed by atoms with van der Waals surface area (Å²) in [7, 11) is 1.71. The van der Waals surface area contributed by atoms with Crippen molar-refractivity contribution in [2.75, 3.05) is 25.6 Å². The average molecular weight is 260 g/mol. The Hall–Kier alpha value is -1.88. The Bertz CT molecular complexity index is 492. The zero-order valence-corrected chi connectivity index (χ0v) is 11.5. The molecule has 2 aromatic heterocycles. The van der Waals surface area contributed by atoms with Crippen LogP contribution in [0.15, 0.2) is 30.7 Å². The molecule has 0 saturated heterocycles. The zero-order valence-electron chi connectivity index (χ0n) is 11.5. The summed E-state index contributed by atoms with van der Waals surface area (Å²) in [5.74, 6) is 0.886. The average Bonchev–Trinajstić information content (AvgIpc) is 2.85. The van der Waals surface area contributed by atoms with E-state index in [1.165, 1.54) is 5.56 Å². The van der Waals surface area contributed by atoms with E-state index in [0.717, 1.165) is 37.8 Å². The summed E-state index contributed by atoms with van der Waals surface area (Å²) < 4.78 is 7.11. The minimum absolute atomic E-state index is 0.760. The lowest BCUT2D eigenvalue weighted by molar-refractivity contribution is 0.197. The topological polar surface area (TPSA) is 52.0 Å². The first kappa shape index (κ1) is 13.5. The first-order chi connectivity index (χ1) is 9.29. The predicted molar refractivity (Wildman–Crippen MR) is 75.3 cm³/mol. The molecular formula is C14H20N4O. The Morgan fingerprint density at radius 1 is 1.32 bits per heavy atom. The van der Waals surface area contributed by atoms with Crippen LogP contribution in [0.4, 0.5) is 5.95 Å². The van der Waals surface area contributed by atoms with Crippen LogP contribution >= 0.6 is 0 Å². The first-order valence-corrected chi connectivity index (χ1v) is 6.45. The summed E-state index contributed by atoms with van der Waals surface area (Å²) in [5, 5.41) is 3.31. The third-order valence-corrected chi connectivity index (χ3v) is 2.85. The van der Waals surface area contributed by atoms with E-state index in [4.69, 9.17) is 4.74 Å². The molecule has 0 aromatic carbocycles. The van der Waals surface area contributed by atoms with E-state index in [9.17, 15) is 0 Å². The summed E-state index contributed by atoms with van der Waals surface area (Å²) in [6.45, 7) is 4.39. The van der Waals surface area contributed by atoms with Crippen molar-refractivity contribution in [1.29, 1.82) is 0 Å². The van der Waals surface area contributed by atoms with Gasteiger partial charge in [-0.05, 0) is 25.0 Å². The van der Waals surface area contributed by atoms with Crippen LogP contribution in [0.5, 0.6) is 0 Å². The number of anilines is 1. The first-order valence-electron chi connectivity index (χ1n) is 6.45. The van der Waals surface area contributed by atoms with Gasteiger partial charge in [0.25, 0.3) is 0 Å². The highest BCUT2D eigenvalue weighted by Gasteiger charge is 2.03. The van der Waals surface area contributed by atoms with E-state index in [1.54, 1.807) is 13.3 Å². The van der Waals surface area contributed by atoms with Crippen LogP contribution in [0, 0.1) is 6.92 Å². The molecule has 0 aliphatic carbocycles. The number of nitrogens with zero attached hydrogens (tertiary/aromatic N) is 3. The molecule has 19 heavy (non-hydrogen) atoms. The smallest absolute Gasteiger partial charge is 0.203 e. The van der Waals surface area contributed by atoms with Crippen LogP contribution in [-0.4, -0.2) is 34.8 Å². The molecule has 0 saturated carbocycles. The number of nitrogens with one attached hydrogen (secondary N) is 1. The minimum atomic E-state index is 0.760. The molecule has 0 spiro atoms. The van der Waals surface area contributed by atoms with Gasteiger partial charge in [-0.2, -0.15) is 0 Å². The van der Waals surface area contributed by atoms with E-state index in [1.807, 2.05) is 25.4 Å². The Balaban J connectivity index is 1.93. The van der Waals surface area contributed by atoms with Crippen LogP contribution in [0.25, 0.3) is 0 Å². The van der Waals surface area contributed by atoms with Gasteiger partial charge in [-0.25, -0.2) is 4.98 Å². The van der Waals surface area contributed by atoms with Crippen LogP contribution in [0.1, 0.15) is 17.7 Å². The molecule has 2 rings (SSSR count). The van der Waals surface area contributed by atoms with Crippen LogP contribution in [-0.2, 0) is 11.3 Å². The molecule has 1 N–H and O–H groups in total. The fraction of sp³-hybridized carbons (Fsp3) is 0.429. The van der Waals surface area contributed by atoms with E-state index in [-0.39, 0.29) is 0 Å². The second kappa shape index (κ2) is 6.89. The fourth-order valence-electron chi connectivity index (χ4n) is 1.81. The zero-order chi connectivity index (χ0) is 13.5. The van der Waals surface area contributed by atoms with E-state index >= 15 is 0 Å². The fourth-order valence-corrected chi connectivity index (χ4v) is 1.81. The maximum absolute atomic E-state index is 5.02. The second-order valence-electron chi connectivity index (χ2n) is 4.46. The highest BCUT2D eigenvalue weighted by molar-refractivity contribution is 5.27. The van der Waals surface area contributed by atoms with Gasteiger partial charge in [0.1, 0.15) is 0 Å². The molecule has 0 fully saturated rings. The van der Waals surface area contributed by atoms with Crippen molar-refractivity contribution in [2.45, 2.75) is 19.9 Å². The van der Waals surface area contributed by atoms with Crippen LogP contribution in [0.3, 0.4) is 0 Å². The largest absolute Gasteiger partial charge is 0.385 e. The summed E-state index contributed by atoms with van der Waals surface area (Å²) in [6, 6.07) is 4.12. The molecule has 2 heterocycles. The van der Waals surface area contributed by atoms with Crippen molar-refractivity contribution in [2.24, 2.45) is 0 Å². The number of ether oxygens (including phenoxy) is 1. The van der Waals surface area contributed by atoms with Gasteiger partial charge in [-0.15, -0.1) is 0 Å². The van der Waals surface area contributed by atoms with Gasteiger partial charge in [0.05, 0.1) is 6.54 Å². The maximum atomic E-state index is 5.02.